The molecule has 1 fully saturated rings. The number of carbonyl (C=O) groups is 4. The monoisotopic (exact) mass is 481 g/mol. The number of nitrogens with two attached hydrogens (primary N) is 1. The Balaban J connectivity index is 1.93. The standard InChI is InChI=1S/C27H31NO7/c1-11(2)17-8-14(6-5-12(3)29)13(4)20-18(17)9-15-7-16-10-19(30)22(26(28)34)25(33)27(16,35)24(32)21(15)23(20)31/h8,11,15-16,31,33,35H,5-7,9-10H2,1-4H3,(H2,28,34)/t15-,16+,27+/m0/s1. The molecule has 1 amide bonds. The van der Waals surface area contributed by atoms with Gasteiger partial charge >= 0.3 is 0 Å². The second-order valence-corrected chi connectivity index (χ2v) is 10.4. The molecule has 1 saturated carbocycles. The molecular weight excluding hydrogens is 450 g/mol. The van der Waals surface area contributed by atoms with Crippen molar-refractivity contribution in [3.8, 4) is 0 Å². The van der Waals surface area contributed by atoms with E-state index in [1.54, 1.807) is 0 Å². The normalized spacial score (nSPS) is 26.0. The van der Waals surface area contributed by atoms with Gasteiger partial charge in [0.25, 0.3) is 5.91 Å². The summed E-state index contributed by atoms with van der Waals surface area (Å²) < 4.78 is 0. The zero-order chi connectivity index (χ0) is 26.0. The van der Waals surface area contributed by atoms with Crippen LogP contribution in [-0.2, 0) is 32.0 Å². The fourth-order valence-corrected chi connectivity index (χ4v) is 6.05. The van der Waals surface area contributed by atoms with Crippen LogP contribution in [0.5, 0.6) is 0 Å². The maximum absolute atomic E-state index is 13.7. The Bertz CT molecular complexity index is 1250. The van der Waals surface area contributed by atoms with Crippen LogP contribution >= 0.6 is 0 Å². The third kappa shape index (κ3) is 3.62. The number of aliphatic hydroxyl groups is 3. The first-order chi connectivity index (χ1) is 16.3. The highest BCUT2D eigenvalue weighted by atomic mass is 16.3. The van der Waals surface area contributed by atoms with Crippen LogP contribution in [0.25, 0.3) is 5.76 Å². The van der Waals surface area contributed by atoms with E-state index in [1.165, 1.54) is 6.92 Å². The molecule has 1 aromatic carbocycles. The molecule has 3 aliphatic rings. The lowest BCUT2D eigenvalue weighted by atomic mass is 9.58. The summed E-state index contributed by atoms with van der Waals surface area (Å²) in [6.07, 6.45) is 1.14. The Morgan fingerprint density at radius 3 is 2.43 bits per heavy atom. The molecular formula is C27H31NO7. The van der Waals surface area contributed by atoms with Crippen molar-refractivity contribution in [3.63, 3.8) is 0 Å². The van der Waals surface area contributed by atoms with E-state index in [2.05, 4.69) is 6.07 Å². The number of aliphatic hydroxyl groups excluding tert-OH is 2. The topological polar surface area (TPSA) is 155 Å². The zero-order valence-corrected chi connectivity index (χ0v) is 20.4. The van der Waals surface area contributed by atoms with Gasteiger partial charge in [0.2, 0.25) is 5.78 Å². The third-order valence-electron chi connectivity index (χ3n) is 7.86. The largest absolute Gasteiger partial charge is 0.508 e. The molecule has 1 aromatic rings. The molecule has 186 valence electrons. The average molecular weight is 482 g/mol. The molecule has 0 saturated heterocycles. The van der Waals surface area contributed by atoms with Crippen molar-refractivity contribution in [2.45, 2.75) is 71.3 Å². The summed E-state index contributed by atoms with van der Waals surface area (Å²) in [4.78, 5) is 49.6. The first kappa shape index (κ1) is 24.9. The van der Waals surface area contributed by atoms with E-state index in [-0.39, 0.29) is 35.9 Å². The van der Waals surface area contributed by atoms with E-state index in [0.717, 1.165) is 22.3 Å². The Morgan fingerprint density at radius 2 is 1.86 bits per heavy atom. The summed E-state index contributed by atoms with van der Waals surface area (Å²) in [5.74, 6) is -5.36. The Morgan fingerprint density at radius 1 is 1.20 bits per heavy atom. The Hall–Kier alpha value is -3.26. The molecule has 4 rings (SSSR count). The number of hydrogen-bond acceptors (Lipinski definition) is 7. The molecule has 0 aromatic heterocycles. The maximum atomic E-state index is 13.7. The van der Waals surface area contributed by atoms with Crippen molar-refractivity contribution in [1.82, 2.24) is 0 Å². The van der Waals surface area contributed by atoms with Crippen LogP contribution in [0.4, 0.5) is 0 Å². The highest BCUT2D eigenvalue weighted by Gasteiger charge is 2.60. The number of benzene rings is 1. The van der Waals surface area contributed by atoms with Crippen LogP contribution in [-0.4, -0.2) is 44.2 Å². The highest BCUT2D eigenvalue weighted by molar-refractivity contribution is 6.22. The Kier molecular flexibility index (Phi) is 6.00. The predicted octanol–water partition coefficient (Wildman–Crippen LogP) is 2.67. The summed E-state index contributed by atoms with van der Waals surface area (Å²) >= 11 is 0. The Labute approximate surface area is 203 Å². The van der Waals surface area contributed by atoms with Crippen molar-refractivity contribution < 1.29 is 34.5 Å². The second-order valence-electron chi connectivity index (χ2n) is 10.4. The smallest absolute Gasteiger partial charge is 0.255 e. The molecule has 0 bridgehead atoms. The van der Waals surface area contributed by atoms with Gasteiger partial charge in [0.15, 0.2) is 11.4 Å². The molecule has 3 atom stereocenters. The summed E-state index contributed by atoms with van der Waals surface area (Å²) in [6, 6.07) is 2.07. The van der Waals surface area contributed by atoms with Crippen LogP contribution in [0.2, 0.25) is 0 Å². The van der Waals surface area contributed by atoms with E-state index < -0.39 is 46.2 Å². The summed E-state index contributed by atoms with van der Waals surface area (Å²) in [5, 5.41) is 33.5. The summed E-state index contributed by atoms with van der Waals surface area (Å²) in [6.45, 7) is 7.43. The predicted molar refractivity (Wildman–Crippen MR) is 128 cm³/mol. The number of fused-ring (bicyclic) bond motifs is 3. The van der Waals surface area contributed by atoms with Crippen molar-refractivity contribution in [1.29, 1.82) is 0 Å². The third-order valence-corrected chi connectivity index (χ3v) is 7.86. The molecule has 35 heavy (non-hydrogen) atoms. The SMILES string of the molecule is CC(=O)CCc1cc(C(C)C)c2c(c1C)C(O)=C1C(=O)[C@@]3(O)C(O)=C(C(N)=O)C(=O)C[C@H]3C[C@H]1C2. The number of amides is 1. The minimum absolute atomic E-state index is 0.0116. The highest BCUT2D eigenvalue weighted by Crippen LogP contribution is 2.52. The minimum Gasteiger partial charge on any atom is -0.508 e. The van der Waals surface area contributed by atoms with Crippen LogP contribution in [0.1, 0.15) is 73.8 Å². The molecule has 0 spiro atoms. The fraction of sp³-hybridized carbons (Fsp3) is 0.481. The van der Waals surface area contributed by atoms with Crippen LogP contribution in [0.3, 0.4) is 0 Å². The average Bonchev–Trinajstić information content (AvgIpc) is 2.75. The lowest BCUT2D eigenvalue weighted by Crippen LogP contribution is -2.58. The lowest BCUT2D eigenvalue weighted by Gasteiger charge is -2.46. The molecule has 5 N–H and O–H groups in total. The molecule has 0 radical (unpaired) electrons. The van der Waals surface area contributed by atoms with Gasteiger partial charge in [0.05, 0.1) is 0 Å². The number of hydrogen-bond donors (Lipinski definition) is 4. The second kappa shape index (κ2) is 8.45. The minimum atomic E-state index is -2.50. The maximum Gasteiger partial charge on any atom is 0.255 e. The van der Waals surface area contributed by atoms with E-state index in [0.29, 0.717) is 24.8 Å². The quantitative estimate of drug-likeness (QED) is 0.471. The first-order valence-electron chi connectivity index (χ1n) is 11.9. The van der Waals surface area contributed by atoms with Crippen LogP contribution in [0, 0.1) is 18.8 Å². The van der Waals surface area contributed by atoms with Gasteiger partial charge in [-0.3, -0.25) is 14.4 Å². The van der Waals surface area contributed by atoms with Crippen molar-refractivity contribution >= 4 is 29.0 Å². The van der Waals surface area contributed by atoms with Crippen LogP contribution in [0.15, 0.2) is 23.0 Å². The number of ketones is 3. The zero-order valence-electron chi connectivity index (χ0n) is 20.4. The van der Waals surface area contributed by atoms with E-state index in [1.807, 2.05) is 20.8 Å². The van der Waals surface area contributed by atoms with Gasteiger partial charge in [-0.1, -0.05) is 19.9 Å². The van der Waals surface area contributed by atoms with Crippen molar-refractivity contribution in [2.24, 2.45) is 17.6 Å². The van der Waals surface area contributed by atoms with Gasteiger partial charge in [0.1, 0.15) is 22.9 Å². The van der Waals surface area contributed by atoms with E-state index in [4.69, 9.17) is 5.73 Å². The molecule has 8 nitrogen and oxygen atoms in total. The van der Waals surface area contributed by atoms with Crippen molar-refractivity contribution in [2.75, 3.05) is 0 Å². The number of primary amides is 1. The van der Waals surface area contributed by atoms with Gasteiger partial charge in [-0.05, 0) is 67.2 Å². The van der Waals surface area contributed by atoms with Crippen LogP contribution < -0.4 is 5.73 Å². The molecule has 3 aliphatic carbocycles. The molecule has 0 aliphatic heterocycles. The lowest BCUT2D eigenvalue weighted by molar-refractivity contribution is -0.147. The summed E-state index contributed by atoms with van der Waals surface area (Å²) in [5.41, 5.74) is 6.06. The molecule has 0 heterocycles. The first-order valence-corrected chi connectivity index (χ1v) is 11.9. The van der Waals surface area contributed by atoms with Gasteiger partial charge in [-0.15, -0.1) is 0 Å². The van der Waals surface area contributed by atoms with Gasteiger partial charge in [-0.2, -0.15) is 0 Å². The van der Waals surface area contributed by atoms with Crippen molar-refractivity contribution in [3.05, 3.63) is 50.8 Å². The number of rotatable bonds is 5. The fourth-order valence-electron chi connectivity index (χ4n) is 6.05. The number of Topliss-reactive ketones (excluding diaryl/α,β-unsaturated/α-hetero) is 3. The summed E-state index contributed by atoms with van der Waals surface area (Å²) in [7, 11) is 0. The molecule has 0 unspecified atom stereocenters. The van der Waals surface area contributed by atoms with E-state index in [9.17, 15) is 34.5 Å². The van der Waals surface area contributed by atoms with Gasteiger partial charge in [0, 0.05) is 29.9 Å². The van der Waals surface area contributed by atoms with E-state index >= 15 is 0 Å². The number of aryl methyl sites for hydroxylation is 1. The van der Waals surface area contributed by atoms with Gasteiger partial charge in [-0.25, -0.2) is 0 Å². The van der Waals surface area contributed by atoms with Gasteiger partial charge < -0.3 is 25.8 Å². The molecule has 8 heteroatoms. The number of carbonyl (C=O) groups excluding carboxylic acids is 4.